The molecule has 0 aliphatic carbocycles. The SMILES string of the molecule is CC(C)c1nnc(SCc2csc(-c3ccc(C(F)(F)F)cc3)n2)n1C. The van der Waals surface area contributed by atoms with E-state index in [1.807, 2.05) is 17.0 Å². The van der Waals surface area contributed by atoms with Gasteiger partial charge in [0.25, 0.3) is 0 Å². The molecule has 9 heteroatoms. The predicted octanol–water partition coefficient (Wildman–Crippen LogP) is 5.37. The Balaban J connectivity index is 1.68. The molecule has 3 rings (SSSR count). The van der Waals surface area contributed by atoms with E-state index in [1.54, 1.807) is 0 Å². The summed E-state index contributed by atoms with van der Waals surface area (Å²) in [7, 11) is 1.94. The van der Waals surface area contributed by atoms with Gasteiger partial charge in [-0.3, -0.25) is 0 Å². The molecule has 4 nitrogen and oxygen atoms in total. The van der Waals surface area contributed by atoms with Crippen LogP contribution in [0.25, 0.3) is 10.6 Å². The minimum atomic E-state index is -4.33. The Bertz CT molecular complexity index is 882. The Labute approximate surface area is 157 Å². The first-order valence-electron chi connectivity index (χ1n) is 7.90. The first-order valence-corrected chi connectivity index (χ1v) is 9.76. The van der Waals surface area contributed by atoms with E-state index in [9.17, 15) is 13.2 Å². The topological polar surface area (TPSA) is 43.6 Å². The quantitative estimate of drug-likeness (QED) is 0.542. The largest absolute Gasteiger partial charge is 0.416 e. The molecule has 0 bridgehead atoms. The van der Waals surface area contributed by atoms with Crippen molar-refractivity contribution in [1.29, 1.82) is 0 Å². The number of thiazole rings is 1. The highest BCUT2D eigenvalue weighted by Crippen LogP contribution is 2.32. The van der Waals surface area contributed by atoms with Gasteiger partial charge in [0.2, 0.25) is 0 Å². The van der Waals surface area contributed by atoms with Crippen LogP contribution < -0.4 is 0 Å². The maximum Gasteiger partial charge on any atom is 0.416 e. The van der Waals surface area contributed by atoms with Crippen molar-refractivity contribution in [2.24, 2.45) is 7.05 Å². The molecule has 138 valence electrons. The van der Waals surface area contributed by atoms with Crippen molar-refractivity contribution in [3.8, 4) is 10.6 Å². The van der Waals surface area contributed by atoms with Gasteiger partial charge in [-0.1, -0.05) is 37.7 Å². The van der Waals surface area contributed by atoms with Crippen molar-refractivity contribution in [3.63, 3.8) is 0 Å². The van der Waals surface area contributed by atoms with Crippen LogP contribution in [-0.4, -0.2) is 19.7 Å². The minimum absolute atomic E-state index is 0.299. The Morgan fingerprint density at radius 2 is 1.85 bits per heavy atom. The minimum Gasteiger partial charge on any atom is -0.309 e. The van der Waals surface area contributed by atoms with Crippen LogP contribution in [0.4, 0.5) is 13.2 Å². The van der Waals surface area contributed by atoms with Gasteiger partial charge in [0, 0.05) is 29.7 Å². The van der Waals surface area contributed by atoms with Gasteiger partial charge >= 0.3 is 6.18 Å². The van der Waals surface area contributed by atoms with Gasteiger partial charge in [0.15, 0.2) is 5.16 Å². The Morgan fingerprint density at radius 3 is 2.42 bits per heavy atom. The van der Waals surface area contributed by atoms with Gasteiger partial charge in [-0.15, -0.1) is 21.5 Å². The number of hydrogen-bond acceptors (Lipinski definition) is 5. The molecule has 0 atom stereocenters. The number of thioether (sulfide) groups is 1. The molecular formula is C17H17F3N4S2. The van der Waals surface area contributed by atoms with Crippen molar-refractivity contribution in [2.75, 3.05) is 0 Å². The zero-order valence-electron chi connectivity index (χ0n) is 14.4. The fourth-order valence-electron chi connectivity index (χ4n) is 2.40. The lowest BCUT2D eigenvalue weighted by molar-refractivity contribution is -0.137. The standard InChI is InChI=1S/C17H17F3N4S2/c1-10(2)14-22-23-16(24(14)3)26-9-13-8-25-15(21-13)11-4-6-12(7-5-11)17(18,19)20/h4-8,10H,9H2,1-3H3. The number of alkyl halides is 3. The molecule has 0 fully saturated rings. The third-order valence-electron chi connectivity index (χ3n) is 3.75. The molecule has 0 radical (unpaired) electrons. The molecule has 2 aromatic heterocycles. The second-order valence-corrected chi connectivity index (χ2v) is 7.86. The van der Waals surface area contributed by atoms with Crippen molar-refractivity contribution < 1.29 is 13.2 Å². The summed E-state index contributed by atoms with van der Waals surface area (Å²) < 4.78 is 39.9. The fourth-order valence-corrected chi connectivity index (χ4v) is 4.14. The first-order chi connectivity index (χ1) is 12.3. The number of halogens is 3. The highest BCUT2D eigenvalue weighted by molar-refractivity contribution is 7.98. The van der Waals surface area contributed by atoms with Crippen LogP contribution in [0.3, 0.4) is 0 Å². The highest BCUT2D eigenvalue weighted by atomic mass is 32.2. The van der Waals surface area contributed by atoms with E-state index in [0.29, 0.717) is 22.2 Å². The average Bonchev–Trinajstić information content (AvgIpc) is 3.19. The lowest BCUT2D eigenvalue weighted by Crippen LogP contribution is -2.03. The third kappa shape index (κ3) is 4.09. The lowest BCUT2D eigenvalue weighted by Gasteiger charge is -2.06. The van der Waals surface area contributed by atoms with E-state index in [0.717, 1.165) is 28.8 Å². The second-order valence-electron chi connectivity index (χ2n) is 6.06. The second kappa shape index (κ2) is 7.40. The number of rotatable bonds is 5. The molecule has 0 N–H and O–H groups in total. The molecule has 0 saturated heterocycles. The molecule has 3 aromatic rings. The smallest absolute Gasteiger partial charge is 0.309 e. The zero-order chi connectivity index (χ0) is 18.9. The number of hydrogen-bond donors (Lipinski definition) is 0. The van der Waals surface area contributed by atoms with Gasteiger partial charge in [0.05, 0.1) is 11.3 Å². The monoisotopic (exact) mass is 398 g/mol. The molecule has 0 aliphatic heterocycles. The maximum atomic E-state index is 12.6. The van der Waals surface area contributed by atoms with Crippen LogP contribution in [0.2, 0.25) is 0 Å². The van der Waals surface area contributed by atoms with E-state index in [4.69, 9.17) is 0 Å². The van der Waals surface area contributed by atoms with E-state index >= 15 is 0 Å². The molecule has 0 unspecified atom stereocenters. The van der Waals surface area contributed by atoms with Crippen LogP contribution in [0.5, 0.6) is 0 Å². The summed E-state index contributed by atoms with van der Waals surface area (Å²) in [5, 5.41) is 11.8. The third-order valence-corrected chi connectivity index (χ3v) is 5.74. The molecule has 0 amide bonds. The molecule has 0 aliphatic rings. The van der Waals surface area contributed by atoms with Crippen LogP contribution in [-0.2, 0) is 19.0 Å². The van der Waals surface area contributed by atoms with Crippen LogP contribution >= 0.6 is 23.1 Å². The van der Waals surface area contributed by atoms with E-state index < -0.39 is 11.7 Å². The molecular weight excluding hydrogens is 381 g/mol. The van der Waals surface area contributed by atoms with Crippen molar-refractivity contribution in [1.82, 2.24) is 19.7 Å². The summed E-state index contributed by atoms with van der Waals surface area (Å²) in [4.78, 5) is 4.52. The van der Waals surface area contributed by atoms with Gasteiger partial charge in [-0.05, 0) is 12.1 Å². The van der Waals surface area contributed by atoms with Crippen LogP contribution in [0, 0.1) is 0 Å². The van der Waals surface area contributed by atoms with Crippen molar-refractivity contribution >= 4 is 23.1 Å². The van der Waals surface area contributed by atoms with Crippen LogP contribution in [0.15, 0.2) is 34.8 Å². The first kappa shape index (κ1) is 18.9. The van der Waals surface area contributed by atoms with Crippen molar-refractivity contribution in [2.45, 2.75) is 36.9 Å². The zero-order valence-corrected chi connectivity index (χ0v) is 16.0. The highest BCUT2D eigenvalue weighted by Gasteiger charge is 2.30. The van der Waals surface area contributed by atoms with Gasteiger partial charge in [-0.2, -0.15) is 13.2 Å². The summed E-state index contributed by atoms with van der Waals surface area (Å²) >= 11 is 2.95. The maximum absolute atomic E-state index is 12.6. The van der Waals surface area contributed by atoms with Gasteiger partial charge in [-0.25, -0.2) is 4.98 Å². The molecule has 2 heterocycles. The number of aromatic nitrogens is 4. The molecule has 0 spiro atoms. The molecule has 26 heavy (non-hydrogen) atoms. The summed E-state index contributed by atoms with van der Waals surface area (Å²) in [5.41, 5.74) is 0.890. The molecule has 0 saturated carbocycles. The normalized spacial score (nSPS) is 12.1. The number of nitrogens with zero attached hydrogens (tertiary/aromatic N) is 4. The Kier molecular flexibility index (Phi) is 5.38. The average molecular weight is 398 g/mol. The van der Waals surface area contributed by atoms with Gasteiger partial charge < -0.3 is 4.57 Å². The predicted molar refractivity (Wildman–Crippen MR) is 97.2 cm³/mol. The van der Waals surface area contributed by atoms with E-state index in [-0.39, 0.29) is 0 Å². The summed E-state index contributed by atoms with van der Waals surface area (Å²) in [6.07, 6.45) is -4.33. The van der Waals surface area contributed by atoms with Gasteiger partial charge in [0.1, 0.15) is 10.8 Å². The van der Waals surface area contributed by atoms with Crippen molar-refractivity contribution in [3.05, 3.63) is 46.7 Å². The summed E-state index contributed by atoms with van der Waals surface area (Å²) in [6.45, 7) is 4.13. The lowest BCUT2D eigenvalue weighted by atomic mass is 10.1. The number of benzene rings is 1. The fraction of sp³-hybridized carbons (Fsp3) is 0.353. The Hall–Kier alpha value is -1.87. The molecule has 1 aromatic carbocycles. The summed E-state index contributed by atoms with van der Waals surface area (Å²) in [6, 6.07) is 5.07. The van der Waals surface area contributed by atoms with E-state index in [2.05, 4.69) is 29.0 Å². The Morgan fingerprint density at radius 1 is 1.15 bits per heavy atom. The van der Waals surface area contributed by atoms with E-state index in [1.165, 1.54) is 35.2 Å². The summed E-state index contributed by atoms with van der Waals surface area (Å²) in [5.74, 6) is 1.85. The van der Waals surface area contributed by atoms with Crippen LogP contribution in [0.1, 0.15) is 36.8 Å².